The number of nitrogens with zero attached hydrogens (tertiary/aromatic N) is 3. The van der Waals surface area contributed by atoms with Gasteiger partial charge in [-0.2, -0.15) is 13.2 Å². The first-order valence-electron chi connectivity index (χ1n) is 10.4. The number of rotatable bonds is 9. The Labute approximate surface area is 183 Å². The van der Waals surface area contributed by atoms with Crippen molar-refractivity contribution in [2.45, 2.75) is 44.6 Å². The van der Waals surface area contributed by atoms with Crippen LogP contribution >= 0.6 is 0 Å². The van der Waals surface area contributed by atoms with E-state index in [1.165, 1.54) is 18.4 Å². The van der Waals surface area contributed by atoms with Gasteiger partial charge in [-0.05, 0) is 42.7 Å². The third-order valence-electron chi connectivity index (χ3n) is 5.25. The van der Waals surface area contributed by atoms with Gasteiger partial charge in [0.2, 0.25) is 5.89 Å². The first kappa shape index (κ1) is 22.0. The second kappa shape index (κ2) is 9.52. The first-order valence-corrected chi connectivity index (χ1v) is 10.4. The highest BCUT2D eigenvalue weighted by atomic mass is 19.4. The molecule has 32 heavy (non-hydrogen) atoms. The number of aromatic nitrogens is 2. The molecule has 0 bridgehead atoms. The number of oxazole rings is 1. The minimum Gasteiger partial charge on any atom is -0.447 e. The topological polar surface area (TPSA) is 71.3 Å². The third-order valence-corrected chi connectivity index (χ3v) is 5.25. The van der Waals surface area contributed by atoms with Crippen molar-refractivity contribution < 1.29 is 22.4 Å². The van der Waals surface area contributed by atoms with E-state index in [1.54, 1.807) is 6.20 Å². The number of carbonyl (C=O) groups excluding carboxylic acids is 1. The summed E-state index contributed by atoms with van der Waals surface area (Å²) in [6.45, 7) is 1.30. The Morgan fingerprint density at radius 1 is 1.12 bits per heavy atom. The van der Waals surface area contributed by atoms with Crippen molar-refractivity contribution in [3.8, 4) is 0 Å². The Bertz CT molecular complexity index is 1030. The van der Waals surface area contributed by atoms with E-state index in [4.69, 9.17) is 4.42 Å². The first-order chi connectivity index (χ1) is 15.4. The molecule has 4 rings (SSSR count). The molecule has 3 aromatic rings. The molecule has 1 amide bonds. The van der Waals surface area contributed by atoms with E-state index in [0.717, 1.165) is 36.2 Å². The maximum atomic E-state index is 12.8. The molecule has 1 saturated carbocycles. The van der Waals surface area contributed by atoms with Crippen LogP contribution in [-0.4, -0.2) is 33.4 Å². The van der Waals surface area contributed by atoms with Gasteiger partial charge in [0.25, 0.3) is 5.91 Å². The van der Waals surface area contributed by atoms with Crippen molar-refractivity contribution in [1.82, 2.24) is 20.2 Å². The quantitative estimate of drug-likeness (QED) is 0.535. The predicted molar refractivity (Wildman–Crippen MR) is 110 cm³/mol. The van der Waals surface area contributed by atoms with Gasteiger partial charge < -0.3 is 9.73 Å². The van der Waals surface area contributed by atoms with E-state index in [9.17, 15) is 18.0 Å². The van der Waals surface area contributed by atoms with Gasteiger partial charge in [-0.25, -0.2) is 4.98 Å². The number of pyridine rings is 1. The molecule has 0 aliphatic heterocycles. The van der Waals surface area contributed by atoms with E-state index in [1.807, 2.05) is 18.2 Å². The molecular weight excluding hydrogens is 421 g/mol. The molecule has 2 heterocycles. The summed E-state index contributed by atoms with van der Waals surface area (Å²) in [7, 11) is 0. The SMILES string of the molecule is O=C(NCCc1ccccn1)c1coc(CN(Cc2ccc(C(F)(F)F)cc2)C2CC2)n1. The number of carbonyl (C=O) groups is 1. The predicted octanol–water partition coefficient (Wildman–Crippen LogP) is 4.23. The maximum absolute atomic E-state index is 12.8. The molecular formula is C23H23F3N4O2. The maximum Gasteiger partial charge on any atom is 0.416 e. The number of nitrogens with one attached hydrogen (secondary N) is 1. The fraction of sp³-hybridized carbons (Fsp3) is 0.348. The lowest BCUT2D eigenvalue weighted by atomic mass is 10.1. The van der Waals surface area contributed by atoms with Crippen LogP contribution in [0.25, 0.3) is 0 Å². The zero-order valence-corrected chi connectivity index (χ0v) is 17.3. The Morgan fingerprint density at radius 2 is 1.91 bits per heavy atom. The molecule has 2 aromatic heterocycles. The molecule has 0 radical (unpaired) electrons. The molecule has 0 saturated heterocycles. The van der Waals surface area contributed by atoms with E-state index < -0.39 is 11.7 Å². The molecule has 1 N–H and O–H groups in total. The molecule has 1 aliphatic carbocycles. The van der Waals surface area contributed by atoms with Crippen LogP contribution in [-0.2, 0) is 25.7 Å². The average molecular weight is 444 g/mol. The molecule has 1 aliphatic rings. The molecule has 0 spiro atoms. The fourth-order valence-corrected chi connectivity index (χ4v) is 3.39. The summed E-state index contributed by atoms with van der Waals surface area (Å²) >= 11 is 0. The number of alkyl halides is 3. The summed E-state index contributed by atoms with van der Waals surface area (Å²) in [4.78, 5) is 22.9. The van der Waals surface area contributed by atoms with Crippen LogP contribution < -0.4 is 5.32 Å². The molecule has 1 fully saturated rings. The second-order valence-electron chi connectivity index (χ2n) is 7.78. The molecule has 1 aromatic carbocycles. The third kappa shape index (κ3) is 5.94. The Morgan fingerprint density at radius 3 is 2.56 bits per heavy atom. The van der Waals surface area contributed by atoms with Crippen LogP contribution in [0.3, 0.4) is 0 Å². The standard InChI is InChI=1S/C23H23F3N4O2/c24-23(25,26)17-6-4-16(5-7-17)13-30(19-8-9-19)14-21-29-20(15-32-21)22(31)28-12-10-18-3-1-2-11-27-18/h1-7,11,15,19H,8-10,12-14H2,(H,28,31). The minimum absolute atomic E-state index is 0.200. The highest BCUT2D eigenvalue weighted by molar-refractivity contribution is 5.91. The normalized spacial score (nSPS) is 14.0. The minimum atomic E-state index is -4.35. The van der Waals surface area contributed by atoms with Crippen molar-refractivity contribution >= 4 is 5.91 Å². The van der Waals surface area contributed by atoms with Crippen molar-refractivity contribution in [2.24, 2.45) is 0 Å². The summed E-state index contributed by atoms with van der Waals surface area (Å²) in [6.07, 6.45) is 1.33. The van der Waals surface area contributed by atoms with E-state index in [2.05, 4.69) is 20.2 Å². The van der Waals surface area contributed by atoms with Gasteiger partial charge in [0, 0.05) is 37.4 Å². The zero-order valence-electron chi connectivity index (χ0n) is 17.3. The summed E-state index contributed by atoms with van der Waals surface area (Å²) in [5, 5.41) is 2.80. The van der Waals surface area contributed by atoms with Crippen LogP contribution in [0.4, 0.5) is 13.2 Å². The van der Waals surface area contributed by atoms with Crippen LogP contribution in [0.1, 0.15) is 46.0 Å². The van der Waals surface area contributed by atoms with Gasteiger partial charge in [-0.3, -0.25) is 14.7 Å². The average Bonchev–Trinajstić information content (AvgIpc) is 3.52. The largest absolute Gasteiger partial charge is 0.447 e. The van der Waals surface area contributed by atoms with E-state index in [-0.39, 0.29) is 11.6 Å². The lowest BCUT2D eigenvalue weighted by molar-refractivity contribution is -0.137. The van der Waals surface area contributed by atoms with Gasteiger partial charge in [-0.1, -0.05) is 18.2 Å². The highest BCUT2D eigenvalue weighted by Gasteiger charge is 2.32. The van der Waals surface area contributed by atoms with Gasteiger partial charge in [-0.15, -0.1) is 0 Å². The number of benzene rings is 1. The number of hydrogen-bond acceptors (Lipinski definition) is 5. The lowest BCUT2D eigenvalue weighted by Gasteiger charge is -2.20. The summed E-state index contributed by atoms with van der Waals surface area (Å²) < 4.78 is 43.8. The van der Waals surface area contributed by atoms with Gasteiger partial charge in [0.05, 0.1) is 12.1 Å². The Balaban J connectivity index is 1.32. The molecule has 168 valence electrons. The van der Waals surface area contributed by atoms with Gasteiger partial charge >= 0.3 is 6.18 Å². The molecule has 0 unspecified atom stereocenters. The smallest absolute Gasteiger partial charge is 0.416 e. The molecule has 6 nitrogen and oxygen atoms in total. The van der Waals surface area contributed by atoms with Crippen molar-refractivity contribution in [2.75, 3.05) is 6.54 Å². The fourth-order valence-electron chi connectivity index (χ4n) is 3.39. The van der Waals surface area contributed by atoms with Crippen molar-refractivity contribution in [3.05, 3.63) is 83.3 Å². The van der Waals surface area contributed by atoms with Crippen molar-refractivity contribution in [3.63, 3.8) is 0 Å². The summed E-state index contributed by atoms with van der Waals surface area (Å²) in [6, 6.07) is 11.1. The number of halogens is 3. The number of hydrogen-bond donors (Lipinski definition) is 1. The zero-order chi connectivity index (χ0) is 22.6. The van der Waals surface area contributed by atoms with Gasteiger partial charge in [0.1, 0.15) is 6.26 Å². The monoisotopic (exact) mass is 444 g/mol. The summed E-state index contributed by atoms with van der Waals surface area (Å²) in [5.74, 6) is 0.0790. The van der Waals surface area contributed by atoms with Crippen LogP contribution in [0.15, 0.2) is 59.3 Å². The van der Waals surface area contributed by atoms with E-state index in [0.29, 0.717) is 38.0 Å². The van der Waals surface area contributed by atoms with Crippen LogP contribution in [0.2, 0.25) is 0 Å². The second-order valence-corrected chi connectivity index (χ2v) is 7.78. The summed E-state index contributed by atoms with van der Waals surface area (Å²) in [5.41, 5.74) is 1.21. The molecule has 9 heteroatoms. The molecule has 0 atom stereocenters. The van der Waals surface area contributed by atoms with E-state index >= 15 is 0 Å². The van der Waals surface area contributed by atoms with Gasteiger partial charge in [0.15, 0.2) is 5.69 Å². The van der Waals surface area contributed by atoms with Crippen molar-refractivity contribution in [1.29, 1.82) is 0 Å². The number of amides is 1. The van der Waals surface area contributed by atoms with Crippen LogP contribution in [0.5, 0.6) is 0 Å². The Kier molecular flexibility index (Phi) is 6.55. The Hall–Kier alpha value is -3.20. The highest BCUT2D eigenvalue weighted by Crippen LogP contribution is 2.32. The lowest BCUT2D eigenvalue weighted by Crippen LogP contribution is -2.27. The van der Waals surface area contributed by atoms with Crippen LogP contribution in [0, 0.1) is 0 Å².